The van der Waals surface area contributed by atoms with E-state index in [1.165, 1.54) is 44.2 Å². The van der Waals surface area contributed by atoms with E-state index in [-0.39, 0.29) is 29.1 Å². The molecule has 0 spiro atoms. The van der Waals surface area contributed by atoms with Crippen molar-refractivity contribution >= 4 is 52.9 Å². The SMILES string of the molecule is COC(=O)c1cc(NC(=O)COC(=O)CC2Sc3ccccc3NC2=O)cc(C(=O)OC)c1. The summed E-state index contributed by atoms with van der Waals surface area (Å²) in [4.78, 5) is 61.1. The first-order valence-corrected chi connectivity index (χ1v) is 10.5. The summed E-state index contributed by atoms with van der Waals surface area (Å²) in [5.74, 6) is -3.18. The number of methoxy groups -OCH3 is 2. The van der Waals surface area contributed by atoms with Crippen molar-refractivity contribution in [3.05, 3.63) is 53.6 Å². The standard InChI is InChI=1S/C22H20N2O8S/c1-30-21(28)12-7-13(22(29)31-2)9-14(8-12)23-18(25)11-32-19(26)10-17-20(27)24-15-5-3-4-6-16(15)33-17/h3-9,17H,10-11H2,1-2H3,(H,23,25)(H,24,27). The third kappa shape index (κ3) is 6.10. The van der Waals surface area contributed by atoms with Crippen molar-refractivity contribution < 1.29 is 38.2 Å². The van der Waals surface area contributed by atoms with E-state index in [1.807, 2.05) is 12.1 Å². The van der Waals surface area contributed by atoms with Crippen molar-refractivity contribution in [1.29, 1.82) is 0 Å². The summed E-state index contributed by atoms with van der Waals surface area (Å²) in [7, 11) is 2.35. The maximum Gasteiger partial charge on any atom is 0.337 e. The van der Waals surface area contributed by atoms with Gasteiger partial charge in [-0.25, -0.2) is 9.59 Å². The van der Waals surface area contributed by atoms with Crippen LogP contribution in [0.15, 0.2) is 47.4 Å². The second-order valence-electron chi connectivity index (χ2n) is 6.79. The number of anilines is 2. The van der Waals surface area contributed by atoms with Gasteiger partial charge in [-0.3, -0.25) is 14.4 Å². The molecule has 11 heteroatoms. The lowest BCUT2D eigenvalue weighted by Crippen LogP contribution is -2.32. The third-order valence-electron chi connectivity index (χ3n) is 4.48. The molecule has 10 nitrogen and oxygen atoms in total. The van der Waals surface area contributed by atoms with Crippen LogP contribution < -0.4 is 10.6 Å². The lowest BCUT2D eigenvalue weighted by molar-refractivity contribution is -0.147. The molecule has 0 saturated heterocycles. The summed E-state index contributed by atoms with van der Waals surface area (Å²) in [6.07, 6.45) is -0.220. The average molecular weight is 472 g/mol. The summed E-state index contributed by atoms with van der Waals surface area (Å²) >= 11 is 1.24. The fraction of sp³-hybridized carbons (Fsp3) is 0.227. The lowest BCUT2D eigenvalue weighted by Gasteiger charge is -2.23. The zero-order valence-corrected chi connectivity index (χ0v) is 18.5. The molecule has 0 aliphatic carbocycles. The zero-order chi connectivity index (χ0) is 24.0. The van der Waals surface area contributed by atoms with Crippen LogP contribution in [0.4, 0.5) is 11.4 Å². The van der Waals surface area contributed by atoms with Crippen molar-refractivity contribution in [2.75, 3.05) is 31.5 Å². The highest BCUT2D eigenvalue weighted by Crippen LogP contribution is 2.36. The highest BCUT2D eigenvalue weighted by molar-refractivity contribution is 8.01. The molecule has 2 aromatic carbocycles. The first-order chi connectivity index (χ1) is 15.8. The molecule has 2 N–H and O–H groups in total. The monoisotopic (exact) mass is 472 g/mol. The summed E-state index contributed by atoms with van der Waals surface area (Å²) in [5.41, 5.74) is 0.830. The van der Waals surface area contributed by atoms with Crippen LogP contribution in [-0.2, 0) is 28.6 Å². The van der Waals surface area contributed by atoms with Gasteiger partial charge in [-0.2, -0.15) is 0 Å². The van der Waals surface area contributed by atoms with Gasteiger partial charge in [0, 0.05) is 10.6 Å². The summed E-state index contributed by atoms with van der Waals surface area (Å²) in [6, 6.07) is 11.1. The van der Waals surface area contributed by atoms with Crippen molar-refractivity contribution in [3.8, 4) is 0 Å². The Balaban J connectivity index is 1.58. The van der Waals surface area contributed by atoms with Crippen LogP contribution in [0, 0.1) is 0 Å². The molecule has 1 atom stereocenters. The highest BCUT2D eigenvalue weighted by Gasteiger charge is 2.29. The molecule has 2 aromatic rings. The second-order valence-corrected chi connectivity index (χ2v) is 8.03. The molecule has 0 bridgehead atoms. The predicted molar refractivity (Wildman–Crippen MR) is 118 cm³/mol. The number of thioether (sulfide) groups is 1. The molecule has 172 valence electrons. The Morgan fingerprint density at radius 3 is 2.27 bits per heavy atom. The predicted octanol–water partition coefficient (Wildman–Crippen LogP) is 2.24. The van der Waals surface area contributed by atoms with Crippen molar-refractivity contribution in [1.82, 2.24) is 0 Å². The highest BCUT2D eigenvalue weighted by atomic mass is 32.2. The van der Waals surface area contributed by atoms with Gasteiger partial charge in [0.05, 0.1) is 42.7 Å². The number of carbonyl (C=O) groups is 5. The van der Waals surface area contributed by atoms with E-state index in [1.54, 1.807) is 12.1 Å². The molecule has 3 rings (SSSR count). The van der Waals surface area contributed by atoms with Crippen LogP contribution in [0.3, 0.4) is 0 Å². The van der Waals surface area contributed by atoms with E-state index in [4.69, 9.17) is 4.74 Å². The number of rotatable bonds is 7. The quantitative estimate of drug-likeness (QED) is 0.459. The number of ether oxygens (including phenoxy) is 3. The fourth-order valence-corrected chi connectivity index (χ4v) is 4.05. The largest absolute Gasteiger partial charge is 0.465 e. The number of esters is 3. The summed E-state index contributed by atoms with van der Waals surface area (Å²) < 4.78 is 14.3. The molecule has 1 heterocycles. The van der Waals surface area contributed by atoms with E-state index in [2.05, 4.69) is 20.1 Å². The van der Waals surface area contributed by atoms with E-state index in [9.17, 15) is 24.0 Å². The molecule has 2 amide bonds. The Bertz CT molecular complexity index is 1080. The number of carbonyl (C=O) groups excluding carboxylic acids is 5. The van der Waals surface area contributed by atoms with Gasteiger partial charge >= 0.3 is 17.9 Å². The molecule has 33 heavy (non-hydrogen) atoms. The van der Waals surface area contributed by atoms with Gasteiger partial charge in [0.1, 0.15) is 0 Å². The van der Waals surface area contributed by atoms with Gasteiger partial charge in [0.2, 0.25) is 5.91 Å². The first-order valence-electron chi connectivity index (χ1n) is 9.64. The van der Waals surface area contributed by atoms with Crippen molar-refractivity contribution in [2.24, 2.45) is 0 Å². The van der Waals surface area contributed by atoms with Gasteiger partial charge in [-0.15, -0.1) is 11.8 Å². The lowest BCUT2D eigenvalue weighted by atomic mass is 10.1. The maximum absolute atomic E-state index is 12.2. The van der Waals surface area contributed by atoms with Gasteiger partial charge in [0.25, 0.3) is 5.91 Å². The average Bonchev–Trinajstić information content (AvgIpc) is 2.81. The Morgan fingerprint density at radius 1 is 1.00 bits per heavy atom. The number of benzene rings is 2. The van der Waals surface area contributed by atoms with Crippen LogP contribution in [-0.4, -0.2) is 55.8 Å². The van der Waals surface area contributed by atoms with Gasteiger partial charge in [0.15, 0.2) is 6.61 Å². The Morgan fingerprint density at radius 2 is 1.64 bits per heavy atom. The maximum atomic E-state index is 12.2. The van der Waals surface area contributed by atoms with E-state index < -0.39 is 35.7 Å². The number of hydrogen-bond acceptors (Lipinski definition) is 9. The normalized spacial score (nSPS) is 14.4. The Kier molecular flexibility index (Phi) is 7.67. The molecule has 1 aliphatic heterocycles. The number of fused-ring (bicyclic) bond motifs is 1. The zero-order valence-electron chi connectivity index (χ0n) is 17.7. The van der Waals surface area contributed by atoms with Crippen LogP contribution in [0.5, 0.6) is 0 Å². The van der Waals surface area contributed by atoms with Crippen molar-refractivity contribution in [2.45, 2.75) is 16.6 Å². The molecule has 1 unspecified atom stereocenters. The molecular weight excluding hydrogens is 452 g/mol. The van der Waals surface area contributed by atoms with Crippen molar-refractivity contribution in [3.63, 3.8) is 0 Å². The third-order valence-corrected chi connectivity index (χ3v) is 5.76. The van der Waals surface area contributed by atoms with E-state index in [0.29, 0.717) is 5.69 Å². The summed E-state index contributed by atoms with van der Waals surface area (Å²) in [6.45, 7) is -0.621. The minimum atomic E-state index is -0.726. The minimum Gasteiger partial charge on any atom is -0.465 e. The Hall–Kier alpha value is -3.86. The number of amides is 2. The van der Waals surface area contributed by atoms with Gasteiger partial charge in [-0.1, -0.05) is 12.1 Å². The van der Waals surface area contributed by atoms with Crippen LogP contribution in [0.1, 0.15) is 27.1 Å². The van der Waals surface area contributed by atoms with Crippen LogP contribution in [0.2, 0.25) is 0 Å². The second kappa shape index (κ2) is 10.6. The summed E-state index contributed by atoms with van der Waals surface area (Å²) in [5, 5.41) is 4.49. The number of para-hydroxylation sites is 1. The Labute approximate surface area is 193 Å². The fourth-order valence-electron chi connectivity index (χ4n) is 2.95. The number of nitrogens with one attached hydrogen (secondary N) is 2. The molecular formula is C22H20N2O8S. The van der Waals surface area contributed by atoms with Crippen LogP contribution in [0.25, 0.3) is 0 Å². The smallest absolute Gasteiger partial charge is 0.337 e. The molecule has 0 saturated carbocycles. The van der Waals surface area contributed by atoms with Crippen LogP contribution >= 0.6 is 11.8 Å². The number of hydrogen-bond donors (Lipinski definition) is 2. The van der Waals surface area contributed by atoms with Gasteiger partial charge in [-0.05, 0) is 30.3 Å². The molecule has 0 fully saturated rings. The van der Waals surface area contributed by atoms with Gasteiger partial charge < -0.3 is 24.8 Å². The minimum absolute atomic E-state index is 0.0216. The molecule has 0 aromatic heterocycles. The first kappa shape index (κ1) is 23.8. The molecule has 1 aliphatic rings. The van der Waals surface area contributed by atoms with E-state index >= 15 is 0 Å². The topological polar surface area (TPSA) is 137 Å². The molecule has 0 radical (unpaired) electrons. The van der Waals surface area contributed by atoms with E-state index in [0.717, 1.165) is 4.90 Å².